The van der Waals surface area contributed by atoms with Gasteiger partial charge in [-0.25, -0.2) is 0 Å². The average molecular weight is 1150 g/mol. The molecule has 2 saturated heterocycles. The lowest BCUT2D eigenvalue weighted by atomic mass is 9.71. The Morgan fingerprint density at radius 1 is 0.639 bits per heavy atom. The Morgan fingerprint density at radius 3 is 1.43 bits per heavy atom. The van der Waals surface area contributed by atoms with E-state index in [2.05, 4.69) is 97.9 Å². The van der Waals surface area contributed by atoms with E-state index < -0.39 is 26.4 Å². The molecule has 3 N–H and O–H groups in total. The fourth-order valence-corrected chi connectivity index (χ4v) is 16.2. The smallest absolute Gasteiger partial charge is 0.231 e. The second kappa shape index (κ2) is 21.7. The van der Waals surface area contributed by atoms with E-state index in [1.165, 1.54) is 0 Å². The zero-order valence-corrected chi connectivity index (χ0v) is 51.3. The Labute approximate surface area is 489 Å². The minimum absolute atomic E-state index is 0.00334. The van der Waals surface area contributed by atoms with Crippen molar-refractivity contribution < 1.29 is 57.6 Å². The first-order chi connectivity index (χ1) is 39.6. The van der Waals surface area contributed by atoms with E-state index in [4.69, 9.17) is 42.3 Å². The van der Waals surface area contributed by atoms with Gasteiger partial charge in [0.05, 0.1) is 63.7 Å². The zero-order valence-electron chi connectivity index (χ0n) is 50.3. The molecule has 2 unspecified atom stereocenters. The van der Waals surface area contributed by atoms with Crippen molar-refractivity contribution in [1.82, 2.24) is 19.6 Å². The number of aryl methyl sites for hydroxylation is 2. The number of piperazine rings is 2. The van der Waals surface area contributed by atoms with Gasteiger partial charge < -0.3 is 57.6 Å². The van der Waals surface area contributed by atoms with Crippen LogP contribution in [0.25, 0.3) is 0 Å². The monoisotopic (exact) mass is 1150 g/mol. The van der Waals surface area contributed by atoms with Gasteiger partial charge in [-0.1, -0.05) is 58.2 Å². The number of aliphatic hydroxyl groups excluding tert-OH is 1. The van der Waals surface area contributed by atoms with Gasteiger partial charge in [0.1, 0.15) is 36.8 Å². The number of hydrogen-bond acceptors (Lipinski definition) is 18. The summed E-state index contributed by atoms with van der Waals surface area (Å²) in [5.74, 6) is 5.40. The summed E-state index contributed by atoms with van der Waals surface area (Å²) in [6.07, 6.45) is 5.81. The Hall–Kier alpha value is -6.68. The number of benzene rings is 4. The van der Waals surface area contributed by atoms with Crippen LogP contribution in [0.2, 0.25) is 18.1 Å². The summed E-state index contributed by atoms with van der Waals surface area (Å²) in [6.45, 7) is 27.8. The van der Waals surface area contributed by atoms with Crippen LogP contribution in [0.1, 0.15) is 112 Å². The van der Waals surface area contributed by atoms with Crippen LogP contribution in [0.4, 0.5) is 0 Å². The number of nitrogens with zero attached hydrogens (tertiary/aromatic N) is 6. The number of fused-ring (bicyclic) bond motifs is 18. The Balaban J connectivity index is 0.000000176. The molecular weight excluding hydrogens is 1070 g/mol. The molecule has 4 aromatic rings. The largest absolute Gasteiger partial charge is 0.504 e. The third-order valence-corrected chi connectivity index (χ3v) is 24.3. The molecule has 4 bridgehead atoms. The normalized spacial score (nSPS) is 26.3. The number of ether oxygens (including phenoxy) is 8. The summed E-state index contributed by atoms with van der Waals surface area (Å²) in [6, 6.07) is 6.75. The molecule has 18 nitrogen and oxygen atoms in total. The van der Waals surface area contributed by atoms with Crippen LogP contribution in [0, 0.1) is 50.4 Å². The summed E-state index contributed by atoms with van der Waals surface area (Å²) < 4.78 is 55.0. The van der Waals surface area contributed by atoms with E-state index in [0.29, 0.717) is 80.0 Å². The van der Waals surface area contributed by atoms with Crippen molar-refractivity contribution in [3.05, 3.63) is 104 Å². The van der Waals surface area contributed by atoms with Crippen molar-refractivity contribution in [2.75, 3.05) is 68.3 Å². The van der Waals surface area contributed by atoms with Crippen molar-refractivity contribution in [2.24, 2.45) is 0 Å². The van der Waals surface area contributed by atoms with Gasteiger partial charge >= 0.3 is 0 Å². The average Bonchev–Trinajstić information content (AvgIpc) is 3.87. The number of rotatable bonds is 12. The molecule has 8 aliphatic heterocycles. The summed E-state index contributed by atoms with van der Waals surface area (Å²) in [5, 5.41) is 55.5. The maximum atomic E-state index is 11.7. The second-order valence-corrected chi connectivity index (χ2v) is 29.8. The standard InChI is InChI=1S/C35H47N3O6Si.C29H33N3O6/c1-11-12-41-32-20(3)33-34(43-18-42-33)28-22(32)15-24-29-27-21(13-19(2)31(40-8)30(27)39)14-23(37(29)7)25(16-36)38(24)26(28)17-44-45(9,10)35(4,5)6;1-6-7-36-27-15(3)28-29(38-13-37-28)23-17(27)10-19-24-22-16(8-14(2)26(35-5)25(22)34)9-18(31(24)4)20(11-30)32(19)21(23)12-33/h11,13,23-26,29,39H,1,12,14-15,17-18H2,2-10H3;6,8,18-21,24,33-34H,1,7,9-10,12-13H2,2-5H3/t23-,24?,25-,26-,29-;18-,19?,20-,21-,24-/m00/s1. The Bertz CT molecular complexity index is 3380. The second-order valence-electron chi connectivity index (χ2n) is 25.0. The number of aromatic hydroxyl groups is 2. The van der Waals surface area contributed by atoms with Crippen LogP contribution in [-0.4, -0.2) is 148 Å². The summed E-state index contributed by atoms with van der Waals surface area (Å²) in [7, 11) is 5.08. The Morgan fingerprint density at radius 2 is 1.05 bits per heavy atom. The van der Waals surface area contributed by atoms with E-state index in [1.807, 2.05) is 34.7 Å². The predicted molar refractivity (Wildman–Crippen MR) is 314 cm³/mol. The lowest BCUT2D eigenvalue weighted by Crippen LogP contribution is -2.68. The molecule has 19 heteroatoms. The third kappa shape index (κ3) is 8.81. The van der Waals surface area contributed by atoms with E-state index in [1.54, 1.807) is 26.4 Å². The van der Waals surface area contributed by atoms with Crippen LogP contribution in [0.15, 0.2) is 37.4 Å². The van der Waals surface area contributed by atoms with Crippen LogP contribution in [0.3, 0.4) is 0 Å². The van der Waals surface area contributed by atoms with Gasteiger partial charge in [-0.3, -0.25) is 19.6 Å². The number of aliphatic hydroxyl groups is 1. The highest BCUT2D eigenvalue weighted by molar-refractivity contribution is 6.74. The zero-order chi connectivity index (χ0) is 59.5. The first-order valence-electron chi connectivity index (χ1n) is 28.8. The van der Waals surface area contributed by atoms with E-state index in [0.717, 1.165) is 78.3 Å². The molecular formula is C64H80N6O12Si. The molecule has 12 rings (SSSR count). The van der Waals surface area contributed by atoms with E-state index in [-0.39, 0.29) is 79.0 Å². The van der Waals surface area contributed by atoms with Gasteiger partial charge in [0.2, 0.25) is 13.6 Å². The minimum Gasteiger partial charge on any atom is -0.504 e. The molecule has 10 atom stereocenters. The third-order valence-electron chi connectivity index (χ3n) is 19.8. The highest BCUT2D eigenvalue weighted by Gasteiger charge is 2.59. The molecule has 0 radical (unpaired) electrons. The van der Waals surface area contributed by atoms with Gasteiger partial charge in [0.25, 0.3) is 0 Å². The van der Waals surface area contributed by atoms with Crippen molar-refractivity contribution in [2.45, 2.75) is 153 Å². The topological polar surface area (TPSA) is 204 Å². The molecule has 442 valence electrons. The molecule has 0 aromatic heterocycles. The maximum Gasteiger partial charge on any atom is 0.231 e. The first kappa shape index (κ1) is 58.1. The molecule has 0 spiro atoms. The van der Waals surface area contributed by atoms with Crippen molar-refractivity contribution in [3.63, 3.8) is 0 Å². The number of phenolic OH excluding ortho intramolecular Hbond substituents is 2. The molecule has 83 heavy (non-hydrogen) atoms. The van der Waals surface area contributed by atoms with Crippen molar-refractivity contribution in [1.29, 1.82) is 10.5 Å². The maximum absolute atomic E-state index is 11.7. The number of methoxy groups -OCH3 is 2. The first-order valence-corrected chi connectivity index (χ1v) is 31.7. The van der Waals surface area contributed by atoms with Gasteiger partial charge in [-0.05, 0) is 108 Å². The quantitative estimate of drug-likeness (QED) is 0.0893. The van der Waals surface area contributed by atoms with Crippen molar-refractivity contribution >= 4 is 8.32 Å². The van der Waals surface area contributed by atoms with Crippen LogP contribution in [-0.2, 0) is 30.1 Å². The van der Waals surface area contributed by atoms with Crippen LogP contribution >= 0.6 is 0 Å². The SMILES string of the molecule is C=CCOc1c(C)c2c(c3c1CC1[C@H]4c5c(cc(C)c(OC)c5O)C[C@@H]([C@H](C#N)N1[C@H]3CO)N4C)OCO2.C=CCOc1c(C)c2c(c3c1CC1[C@H]4c5c(cc(C)c(OC)c5O)C[C@@H]([C@H](C#N)N1[C@H]3CO[Si](C)(C)C(C)(C)C)N4C)OCO2. The highest BCUT2D eigenvalue weighted by Crippen LogP contribution is 2.61. The minimum atomic E-state index is -2.19. The van der Waals surface area contributed by atoms with Gasteiger partial charge in [0.15, 0.2) is 54.3 Å². The molecule has 2 fully saturated rings. The molecule has 0 saturated carbocycles. The van der Waals surface area contributed by atoms with Crippen LogP contribution < -0.4 is 37.9 Å². The summed E-state index contributed by atoms with van der Waals surface area (Å²) in [4.78, 5) is 9.03. The molecule has 8 aliphatic rings. The molecule has 0 amide bonds. The lowest BCUT2D eigenvalue weighted by Gasteiger charge is -2.60. The Kier molecular flexibility index (Phi) is 15.2. The number of likely N-dealkylation sites (N-methyl/N-ethyl adjacent to an activating group) is 2. The fourth-order valence-electron chi connectivity index (χ4n) is 15.2. The number of hydrogen-bond donors (Lipinski definition) is 3. The van der Waals surface area contributed by atoms with Gasteiger partial charge in [0, 0.05) is 68.7 Å². The fraction of sp³-hybridized carbons (Fsp3) is 0.531. The van der Waals surface area contributed by atoms with Gasteiger partial charge in [-0.15, -0.1) is 0 Å². The lowest BCUT2D eigenvalue weighted by molar-refractivity contribution is -0.0825. The van der Waals surface area contributed by atoms with E-state index >= 15 is 0 Å². The molecule has 0 aliphatic carbocycles. The van der Waals surface area contributed by atoms with Crippen LogP contribution in [0.5, 0.6) is 57.5 Å². The van der Waals surface area contributed by atoms with E-state index in [9.17, 15) is 25.8 Å². The number of phenols is 2. The summed E-state index contributed by atoms with van der Waals surface area (Å²) >= 11 is 0. The molecule has 4 aromatic carbocycles. The summed E-state index contributed by atoms with van der Waals surface area (Å²) in [5.41, 5.74) is 11.1. The van der Waals surface area contributed by atoms with Crippen molar-refractivity contribution in [3.8, 4) is 69.6 Å². The predicted octanol–water partition coefficient (Wildman–Crippen LogP) is 9.18. The number of nitriles is 2. The highest BCUT2D eigenvalue weighted by atomic mass is 28.4. The van der Waals surface area contributed by atoms with Gasteiger partial charge in [-0.2, -0.15) is 10.5 Å². The molecule has 8 heterocycles.